The molecule has 0 fully saturated rings. The number of aromatic nitrogens is 6. The van der Waals surface area contributed by atoms with Crippen LogP contribution in [0, 0.1) is 0 Å². The largest absolute Gasteiger partial charge is 0.358 e. The molecule has 0 radical (unpaired) electrons. The molecule has 0 amide bonds. The molecule has 0 spiro atoms. The summed E-state index contributed by atoms with van der Waals surface area (Å²) >= 11 is 0. The maximum absolute atomic E-state index is 12.1. The van der Waals surface area contributed by atoms with E-state index in [-0.39, 0.29) is 12.1 Å². The highest BCUT2D eigenvalue weighted by molar-refractivity contribution is 5.84. The molecule has 8 nitrogen and oxygen atoms in total. The molecule has 3 aromatic carbocycles. The first-order chi connectivity index (χ1) is 17.0. The molecule has 174 valence electrons. The Morgan fingerprint density at radius 1 is 0.686 bits per heavy atom. The van der Waals surface area contributed by atoms with Crippen LogP contribution in [0.25, 0.3) is 45.0 Å². The van der Waals surface area contributed by atoms with E-state index in [1.54, 1.807) is 11.9 Å². The second-order valence-electron chi connectivity index (χ2n) is 8.07. The number of rotatable bonds is 6. The van der Waals surface area contributed by atoms with Gasteiger partial charge >= 0.3 is 0 Å². The van der Waals surface area contributed by atoms with Gasteiger partial charge in [-0.25, -0.2) is 0 Å². The molecule has 35 heavy (non-hydrogen) atoms. The number of ether oxygens (including phenoxy) is 1. The van der Waals surface area contributed by atoms with Crippen LogP contribution in [0.15, 0.2) is 84.9 Å². The van der Waals surface area contributed by atoms with Crippen LogP contribution < -0.4 is 0 Å². The molecule has 0 bridgehead atoms. The molecule has 0 saturated carbocycles. The van der Waals surface area contributed by atoms with Crippen molar-refractivity contribution in [2.75, 3.05) is 7.11 Å². The van der Waals surface area contributed by atoms with Crippen LogP contribution in [-0.4, -0.2) is 43.0 Å². The van der Waals surface area contributed by atoms with E-state index in [0.717, 1.165) is 38.4 Å². The average Bonchev–Trinajstić information content (AvgIpc) is 3.55. The molecule has 5 rings (SSSR count). The van der Waals surface area contributed by atoms with E-state index < -0.39 is 0 Å². The Balaban J connectivity index is 1.66. The molecule has 0 aliphatic rings. The third-order valence-electron chi connectivity index (χ3n) is 5.69. The quantitative estimate of drug-likeness (QED) is 0.336. The van der Waals surface area contributed by atoms with Gasteiger partial charge in [0.15, 0.2) is 6.23 Å². The Kier molecular flexibility index (Phi) is 6.03. The molecule has 0 aliphatic heterocycles. The maximum Gasteiger partial charge on any atom is 0.261 e. The van der Waals surface area contributed by atoms with Gasteiger partial charge in [-0.3, -0.25) is 4.79 Å². The van der Waals surface area contributed by atoms with Gasteiger partial charge in [-0.05, 0) is 13.0 Å². The van der Waals surface area contributed by atoms with Crippen molar-refractivity contribution in [3.8, 4) is 45.0 Å². The lowest BCUT2D eigenvalue weighted by Gasteiger charge is -2.07. The Morgan fingerprint density at radius 3 is 1.60 bits per heavy atom. The molecule has 2 heterocycles. The van der Waals surface area contributed by atoms with Gasteiger partial charge in [-0.15, -0.1) is 15.0 Å². The van der Waals surface area contributed by atoms with Crippen LogP contribution in [0.1, 0.15) is 24.9 Å². The third-order valence-corrected chi connectivity index (χ3v) is 5.69. The molecule has 0 N–H and O–H groups in total. The topological polar surface area (TPSA) is 87.7 Å². The predicted molar refractivity (Wildman–Crippen MR) is 133 cm³/mol. The Bertz CT molecular complexity index is 1470. The number of methoxy groups -OCH3 is 1. The number of benzene rings is 3. The highest BCUT2D eigenvalue weighted by Crippen LogP contribution is 2.34. The fourth-order valence-electron chi connectivity index (χ4n) is 3.81. The van der Waals surface area contributed by atoms with Crippen molar-refractivity contribution < 1.29 is 9.53 Å². The SMILES string of the molecule is COC(C)n1nc(-c2ccccc2)c(-c2cccc(-c3nn(C(C)=O)nc3-c3ccccc3)c2)n1. The molecular weight excluding hydrogens is 440 g/mol. The lowest BCUT2D eigenvalue weighted by Crippen LogP contribution is -2.10. The Labute approximate surface area is 202 Å². The summed E-state index contributed by atoms with van der Waals surface area (Å²) in [5.74, 6) is -0.257. The minimum absolute atomic E-state index is 0.257. The van der Waals surface area contributed by atoms with Gasteiger partial charge in [0.05, 0.1) is 0 Å². The van der Waals surface area contributed by atoms with Gasteiger partial charge in [0, 0.05) is 36.3 Å². The number of carbonyl (C=O) groups excluding carboxylic acids is 1. The van der Waals surface area contributed by atoms with Crippen LogP contribution >= 0.6 is 0 Å². The molecule has 2 aromatic heterocycles. The fraction of sp³-hybridized carbons (Fsp3) is 0.148. The first kappa shape index (κ1) is 22.4. The zero-order valence-corrected chi connectivity index (χ0v) is 19.7. The summed E-state index contributed by atoms with van der Waals surface area (Å²) in [6.45, 7) is 3.33. The summed E-state index contributed by atoms with van der Waals surface area (Å²) < 4.78 is 5.44. The van der Waals surface area contributed by atoms with Crippen LogP contribution in [-0.2, 0) is 4.74 Å². The maximum atomic E-state index is 12.1. The number of carbonyl (C=O) groups is 1. The van der Waals surface area contributed by atoms with E-state index in [1.165, 1.54) is 6.92 Å². The van der Waals surface area contributed by atoms with Gasteiger partial charge < -0.3 is 4.74 Å². The minimum atomic E-state index is -0.324. The van der Waals surface area contributed by atoms with Crippen molar-refractivity contribution in [3.63, 3.8) is 0 Å². The lowest BCUT2D eigenvalue weighted by atomic mass is 10.00. The second kappa shape index (κ2) is 9.44. The normalized spacial score (nSPS) is 12.0. The smallest absolute Gasteiger partial charge is 0.261 e. The van der Waals surface area contributed by atoms with Crippen molar-refractivity contribution in [2.45, 2.75) is 20.1 Å². The molecule has 0 saturated heterocycles. The van der Waals surface area contributed by atoms with E-state index in [2.05, 4.69) is 10.2 Å². The highest BCUT2D eigenvalue weighted by Gasteiger charge is 2.21. The summed E-state index contributed by atoms with van der Waals surface area (Å²) in [5.41, 5.74) is 6.25. The van der Waals surface area contributed by atoms with Crippen molar-refractivity contribution in [1.29, 1.82) is 0 Å². The van der Waals surface area contributed by atoms with Gasteiger partial charge in [0.2, 0.25) is 0 Å². The fourth-order valence-corrected chi connectivity index (χ4v) is 3.81. The van der Waals surface area contributed by atoms with Crippen LogP contribution in [0.4, 0.5) is 0 Å². The Morgan fingerprint density at radius 2 is 1.11 bits per heavy atom. The zero-order valence-electron chi connectivity index (χ0n) is 19.7. The third kappa shape index (κ3) is 4.39. The monoisotopic (exact) mass is 464 g/mol. The van der Waals surface area contributed by atoms with Crippen molar-refractivity contribution in [2.24, 2.45) is 0 Å². The van der Waals surface area contributed by atoms with Crippen LogP contribution in [0.5, 0.6) is 0 Å². The summed E-state index contributed by atoms with van der Waals surface area (Å²) in [5, 5.41) is 18.5. The molecule has 5 aromatic rings. The molecular formula is C27H24N6O2. The standard InChI is InChI=1S/C27H24N6O2/c1-18(34)32-28-24(20-11-6-4-7-12-20)26(29-32)22-15-10-16-23(17-22)27-25(21-13-8-5-9-14-21)30-33(31-27)19(2)35-3/h4-17,19H,1-3H3. The van der Waals surface area contributed by atoms with Gasteiger partial charge in [0.1, 0.15) is 22.8 Å². The van der Waals surface area contributed by atoms with E-state index in [9.17, 15) is 4.79 Å². The van der Waals surface area contributed by atoms with Gasteiger partial charge in [-0.2, -0.15) is 15.0 Å². The number of hydrogen-bond donors (Lipinski definition) is 0. The second-order valence-corrected chi connectivity index (χ2v) is 8.07. The molecule has 1 atom stereocenters. The van der Waals surface area contributed by atoms with E-state index in [1.807, 2.05) is 91.9 Å². The predicted octanol–water partition coefficient (Wildman–Crippen LogP) is 5.36. The molecule has 0 aliphatic carbocycles. The van der Waals surface area contributed by atoms with E-state index in [0.29, 0.717) is 11.4 Å². The van der Waals surface area contributed by atoms with E-state index in [4.69, 9.17) is 14.9 Å². The minimum Gasteiger partial charge on any atom is -0.358 e. The van der Waals surface area contributed by atoms with Crippen molar-refractivity contribution >= 4 is 5.91 Å². The van der Waals surface area contributed by atoms with Crippen LogP contribution in [0.2, 0.25) is 0 Å². The highest BCUT2D eigenvalue weighted by atomic mass is 16.5. The van der Waals surface area contributed by atoms with Crippen molar-refractivity contribution in [3.05, 3.63) is 84.9 Å². The summed E-state index contributed by atoms with van der Waals surface area (Å²) in [7, 11) is 1.62. The lowest BCUT2D eigenvalue weighted by molar-refractivity contribution is 0.0386. The zero-order chi connectivity index (χ0) is 24.4. The van der Waals surface area contributed by atoms with Crippen molar-refractivity contribution in [1.82, 2.24) is 30.0 Å². The van der Waals surface area contributed by atoms with Gasteiger partial charge in [0.25, 0.3) is 5.91 Å². The van der Waals surface area contributed by atoms with E-state index >= 15 is 0 Å². The summed E-state index contributed by atoms with van der Waals surface area (Å²) in [6.07, 6.45) is -0.324. The summed E-state index contributed by atoms with van der Waals surface area (Å²) in [4.78, 5) is 14.8. The molecule has 8 heteroatoms. The first-order valence-electron chi connectivity index (χ1n) is 11.2. The average molecular weight is 465 g/mol. The first-order valence-corrected chi connectivity index (χ1v) is 11.2. The Hall–Kier alpha value is -4.43. The number of nitrogens with zero attached hydrogens (tertiary/aromatic N) is 6. The number of hydrogen-bond acceptors (Lipinski definition) is 6. The molecule has 1 unspecified atom stereocenters. The van der Waals surface area contributed by atoms with Crippen LogP contribution in [0.3, 0.4) is 0 Å². The summed E-state index contributed by atoms with van der Waals surface area (Å²) in [6, 6.07) is 27.5. The van der Waals surface area contributed by atoms with Gasteiger partial charge in [-0.1, -0.05) is 78.9 Å².